The molecule has 10 heteroatoms. The maximum Gasteiger partial charge on any atom is 0.494 e. The van der Waals surface area contributed by atoms with Gasteiger partial charge in [0.1, 0.15) is 11.9 Å². The molecule has 0 bridgehead atoms. The van der Waals surface area contributed by atoms with Gasteiger partial charge in [-0.25, -0.2) is 4.79 Å². The Balaban J connectivity index is 1.49. The number of aryl methyl sites for hydroxylation is 2. The highest BCUT2D eigenvalue weighted by atomic mass is 19.4. The van der Waals surface area contributed by atoms with Gasteiger partial charge in [-0.05, 0) is 88.8 Å². The Kier molecular flexibility index (Phi) is 7.84. The van der Waals surface area contributed by atoms with E-state index in [9.17, 15) is 18.0 Å². The number of carbonyl (C=O) groups is 1. The van der Waals surface area contributed by atoms with Gasteiger partial charge in [-0.1, -0.05) is 47.5 Å². The van der Waals surface area contributed by atoms with E-state index in [2.05, 4.69) is 0 Å². The quantitative estimate of drug-likeness (QED) is 0.279. The first-order valence-corrected chi connectivity index (χ1v) is 14.3. The Morgan fingerprint density at radius 1 is 0.907 bits per heavy atom. The Hall–Kier alpha value is -3.50. The largest absolute Gasteiger partial charge is 0.496 e. The number of rotatable bonds is 6. The van der Waals surface area contributed by atoms with E-state index in [0.717, 1.165) is 39.8 Å². The van der Waals surface area contributed by atoms with E-state index >= 15 is 0 Å². The fourth-order valence-electron chi connectivity index (χ4n) is 5.66. The minimum atomic E-state index is -4.50. The molecule has 1 amide bonds. The van der Waals surface area contributed by atoms with Crippen molar-refractivity contribution >= 4 is 18.7 Å². The van der Waals surface area contributed by atoms with Crippen LogP contribution in [-0.2, 0) is 26.8 Å². The van der Waals surface area contributed by atoms with E-state index in [1.807, 2.05) is 71.0 Å². The molecule has 2 fully saturated rings. The molecule has 2 heterocycles. The number of amides is 1. The average molecular weight is 595 g/mol. The van der Waals surface area contributed by atoms with Gasteiger partial charge in [-0.2, -0.15) is 13.2 Å². The summed E-state index contributed by atoms with van der Waals surface area (Å²) in [6, 6.07) is 15.0. The number of methoxy groups -OCH3 is 1. The van der Waals surface area contributed by atoms with Crippen molar-refractivity contribution in [1.29, 1.82) is 0 Å². The van der Waals surface area contributed by atoms with Gasteiger partial charge >= 0.3 is 19.4 Å². The summed E-state index contributed by atoms with van der Waals surface area (Å²) >= 11 is 0. The third-order valence-electron chi connectivity index (χ3n) is 8.79. The molecule has 0 saturated carbocycles. The van der Waals surface area contributed by atoms with E-state index in [-0.39, 0.29) is 6.54 Å². The number of alkyl halides is 3. The van der Waals surface area contributed by atoms with Crippen LogP contribution in [0, 0.1) is 13.8 Å². The smallest absolute Gasteiger partial charge is 0.494 e. The van der Waals surface area contributed by atoms with Crippen molar-refractivity contribution in [3.8, 4) is 16.9 Å². The summed E-state index contributed by atoms with van der Waals surface area (Å²) in [5.74, 6) is 0.639. The average Bonchev–Trinajstić information content (AvgIpc) is 3.32. The second kappa shape index (κ2) is 10.9. The predicted molar refractivity (Wildman–Crippen MR) is 159 cm³/mol. The molecule has 3 aromatic rings. The summed E-state index contributed by atoms with van der Waals surface area (Å²) in [5, 5.41) is 0. The van der Waals surface area contributed by atoms with Crippen molar-refractivity contribution in [2.45, 2.75) is 84.5 Å². The van der Waals surface area contributed by atoms with Crippen molar-refractivity contribution in [1.82, 2.24) is 4.90 Å². The summed E-state index contributed by atoms with van der Waals surface area (Å²) < 4.78 is 64.6. The van der Waals surface area contributed by atoms with Gasteiger partial charge in [0.2, 0.25) is 0 Å². The maximum absolute atomic E-state index is 13.5. The van der Waals surface area contributed by atoms with Crippen molar-refractivity contribution in [2.75, 3.05) is 7.11 Å². The van der Waals surface area contributed by atoms with E-state index < -0.39 is 48.3 Å². The molecule has 2 aliphatic rings. The Bertz CT molecular complexity index is 1540. The van der Waals surface area contributed by atoms with Gasteiger partial charge in [0.25, 0.3) is 0 Å². The zero-order chi connectivity index (χ0) is 31.5. The molecular weight excluding hydrogens is 558 g/mol. The van der Waals surface area contributed by atoms with Crippen LogP contribution < -0.4 is 10.2 Å². The van der Waals surface area contributed by atoms with E-state index in [0.29, 0.717) is 16.9 Å². The van der Waals surface area contributed by atoms with Crippen LogP contribution in [0.2, 0.25) is 0 Å². The molecule has 0 N–H and O–H groups in total. The third-order valence-corrected chi connectivity index (χ3v) is 8.79. The van der Waals surface area contributed by atoms with E-state index in [1.165, 1.54) is 0 Å². The van der Waals surface area contributed by atoms with Crippen LogP contribution in [0.25, 0.3) is 11.1 Å². The van der Waals surface area contributed by atoms with Crippen LogP contribution in [0.15, 0.2) is 54.6 Å². The highest BCUT2D eigenvalue weighted by Crippen LogP contribution is 2.41. The molecular formula is C33H37BF3NO5. The molecule has 0 spiro atoms. The van der Waals surface area contributed by atoms with Crippen LogP contribution in [0.3, 0.4) is 0 Å². The maximum atomic E-state index is 13.5. The molecule has 0 aromatic heterocycles. The Morgan fingerprint density at radius 2 is 1.58 bits per heavy atom. The molecule has 228 valence electrons. The molecule has 0 unspecified atom stereocenters. The molecule has 43 heavy (non-hydrogen) atoms. The first kappa shape index (κ1) is 30.9. The summed E-state index contributed by atoms with van der Waals surface area (Å²) in [5.41, 5.74) is 3.29. The zero-order valence-corrected chi connectivity index (χ0v) is 25.8. The van der Waals surface area contributed by atoms with Gasteiger partial charge in [0.15, 0.2) is 0 Å². The Morgan fingerprint density at radius 3 is 2.21 bits per heavy atom. The molecule has 2 aliphatic heterocycles. The Labute approximate surface area is 251 Å². The normalized spacial score (nSPS) is 21.3. The van der Waals surface area contributed by atoms with Crippen LogP contribution >= 0.6 is 0 Å². The number of hydrogen-bond acceptors (Lipinski definition) is 5. The monoisotopic (exact) mass is 595 g/mol. The number of nitrogens with zero attached hydrogens (tertiary/aromatic N) is 1. The molecule has 0 aliphatic carbocycles. The third kappa shape index (κ3) is 5.87. The number of benzene rings is 3. The summed E-state index contributed by atoms with van der Waals surface area (Å²) in [4.78, 5) is 14.7. The predicted octanol–water partition coefficient (Wildman–Crippen LogP) is 7.38. The van der Waals surface area contributed by atoms with Gasteiger partial charge in [0.05, 0.1) is 36.5 Å². The molecule has 6 nitrogen and oxygen atoms in total. The number of cyclic esters (lactones) is 1. The number of hydrogen-bond donors (Lipinski definition) is 0. The first-order valence-electron chi connectivity index (χ1n) is 14.3. The second-order valence-corrected chi connectivity index (χ2v) is 12.5. The standard InChI is InChI=1S/C33H37BF3NO5/c1-19-9-11-26(27-17-25(10-12-28(27)40-8)34-42-31(4,5)32(6,7)43-34)23(13-19)18-38-21(3)29(41-30(38)39)22-14-20(2)15-24(16-22)33(35,36)37/h9-17,21,29H,18H2,1-8H3/t21-,29-/m0/s1. The molecule has 2 saturated heterocycles. The highest BCUT2D eigenvalue weighted by molar-refractivity contribution is 6.62. The lowest BCUT2D eigenvalue weighted by Crippen LogP contribution is -2.41. The second-order valence-electron chi connectivity index (χ2n) is 12.5. The van der Waals surface area contributed by atoms with Crippen LogP contribution in [0.1, 0.15) is 68.5 Å². The minimum absolute atomic E-state index is 0.190. The fourth-order valence-corrected chi connectivity index (χ4v) is 5.66. The molecule has 5 rings (SSSR count). The van der Waals surface area contributed by atoms with Gasteiger partial charge in [0, 0.05) is 5.56 Å². The van der Waals surface area contributed by atoms with E-state index in [4.69, 9.17) is 18.8 Å². The fraction of sp³-hybridized carbons (Fsp3) is 0.424. The number of ether oxygens (including phenoxy) is 2. The number of halogens is 3. The summed E-state index contributed by atoms with van der Waals surface area (Å²) in [6.07, 6.45) is -5.93. The molecule has 2 atom stereocenters. The zero-order valence-electron chi connectivity index (χ0n) is 25.8. The highest BCUT2D eigenvalue weighted by Gasteiger charge is 2.52. The van der Waals surface area contributed by atoms with E-state index in [1.54, 1.807) is 31.9 Å². The minimum Gasteiger partial charge on any atom is -0.496 e. The van der Waals surface area contributed by atoms with Crippen molar-refractivity contribution < 1.29 is 36.7 Å². The van der Waals surface area contributed by atoms with Crippen molar-refractivity contribution in [2.24, 2.45) is 0 Å². The van der Waals surface area contributed by atoms with Crippen molar-refractivity contribution in [3.05, 3.63) is 82.4 Å². The summed E-state index contributed by atoms with van der Waals surface area (Å²) in [6.45, 7) is 13.5. The van der Waals surface area contributed by atoms with Crippen LogP contribution in [0.4, 0.5) is 18.0 Å². The first-order chi connectivity index (χ1) is 20.0. The van der Waals surface area contributed by atoms with Crippen LogP contribution in [0.5, 0.6) is 5.75 Å². The lowest BCUT2D eigenvalue weighted by Gasteiger charge is -2.32. The molecule has 3 aromatic carbocycles. The lowest BCUT2D eigenvalue weighted by molar-refractivity contribution is -0.137. The SMILES string of the molecule is COc1ccc(B2OC(C)(C)C(C)(C)O2)cc1-c1ccc(C)cc1CN1C(=O)O[C@H](c2cc(C)cc(C(F)(F)F)c2)[C@@H]1C. The lowest BCUT2D eigenvalue weighted by atomic mass is 9.77. The van der Waals surface area contributed by atoms with Gasteiger partial charge in [-0.3, -0.25) is 4.90 Å². The number of carbonyl (C=O) groups excluding carboxylic acids is 1. The summed E-state index contributed by atoms with van der Waals surface area (Å²) in [7, 11) is 1.02. The van der Waals surface area contributed by atoms with Crippen LogP contribution in [-0.4, -0.2) is 42.5 Å². The molecule has 0 radical (unpaired) electrons. The van der Waals surface area contributed by atoms with Crippen molar-refractivity contribution in [3.63, 3.8) is 0 Å². The van der Waals surface area contributed by atoms with Gasteiger partial charge < -0.3 is 18.8 Å². The van der Waals surface area contributed by atoms with Gasteiger partial charge in [-0.15, -0.1) is 0 Å². The topological polar surface area (TPSA) is 57.2 Å².